The number of carbonyl (C=O) groups excluding carboxylic acids is 1. The first kappa shape index (κ1) is 14.9. The van der Waals surface area contributed by atoms with E-state index in [9.17, 15) is 4.79 Å². The van der Waals surface area contributed by atoms with E-state index in [0.29, 0.717) is 11.6 Å². The molecule has 8 heteroatoms. The summed E-state index contributed by atoms with van der Waals surface area (Å²) in [4.78, 5) is 15.5. The molecule has 118 valence electrons. The number of hydroxylamine groups is 1. The topological polar surface area (TPSA) is 106 Å². The highest BCUT2D eigenvalue weighted by molar-refractivity contribution is 5.90. The molecule has 3 aromatic rings. The van der Waals surface area contributed by atoms with E-state index in [0.717, 1.165) is 23.6 Å². The zero-order chi connectivity index (χ0) is 16.2. The number of aromatic nitrogens is 4. The molecule has 0 bridgehead atoms. The third-order valence-corrected chi connectivity index (χ3v) is 3.35. The lowest BCUT2D eigenvalue weighted by Gasteiger charge is -2.09. The number of amides is 1. The van der Waals surface area contributed by atoms with Crippen LogP contribution in [0, 0.1) is 0 Å². The largest absolute Gasteiger partial charge is 0.438 e. The van der Waals surface area contributed by atoms with E-state index in [1.165, 1.54) is 11.6 Å². The van der Waals surface area contributed by atoms with Crippen molar-refractivity contribution in [2.45, 2.75) is 19.4 Å². The molecule has 0 aliphatic heterocycles. The van der Waals surface area contributed by atoms with Gasteiger partial charge in [0.25, 0.3) is 5.91 Å². The van der Waals surface area contributed by atoms with Gasteiger partial charge in [-0.3, -0.25) is 10.0 Å². The summed E-state index contributed by atoms with van der Waals surface area (Å²) in [6.07, 6.45) is 5.02. The van der Waals surface area contributed by atoms with Gasteiger partial charge in [0, 0.05) is 6.08 Å². The SMILES string of the molecule is CCC(c1nc2ccccc2o1)n1cc(C=CC(=O)NO)nn1. The van der Waals surface area contributed by atoms with Crippen LogP contribution in [0.2, 0.25) is 0 Å². The van der Waals surface area contributed by atoms with Crippen molar-refractivity contribution in [3.05, 3.63) is 48.1 Å². The molecule has 0 aliphatic carbocycles. The molecule has 0 fully saturated rings. The van der Waals surface area contributed by atoms with Gasteiger partial charge in [0.1, 0.15) is 17.3 Å². The van der Waals surface area contributed by atoms with Crippen LogP contribution in [0.25, 0.3) is 17.2 Å². The normalized spacial score (nSPS) is 12.8. The molecule has 8 nitrogen and oxygen atoms in total. The first-order chi connectivity index (χ1) is 11.2. The zero-order valence-electron chi connectivity index (χ0n) is 12.4. The molecule has 0 saturated carbocycles. The van der Waals surface area contributed by atoms with E-state index in [1.54, 1.807) is 10.9 Å². The van der Waals surface area contributed by atoms with Gasteiger partial charge in [0.05, 0.1) is 6.20 Å². The Bertz CT molecular complexity index is 819. The van der Waals surface area contributed by atoms with E-state index in [1.807, 2.05) is 31.2 Å². The first-order valence-electron chi connectivity index (χ1n) is 7.10. The standard InChI is InChI=1S/C15H15N5O3/c1-2-12(15-16-11-5-3-4-6-13(11)23-15)20-9-10(17-19-20)7-8-14(21)18-22/h3-9,12,22H,2H2,1H3,(H,18,21). The smallest absolute Gasteiger partial charge is 0.267 e. The zero-order valence-corrected chi connectivity index (χ0v) is 12.4. The predicted octanol–water partition coefficient (Wildman–Crippen LogP) is 1.94. The van der Waals surface area contributed by atoms with Crippen molar-refractivity contribution in [2.75, 3.05) is 0 Å². The Morgan fingerprint density at radius 2 is 2.30 bits per heavy atom. The number of para-hydroxylation sites is 2. The summed E-state index contributed by atoms with van der Waals surface area (Å²) in [5.41, 5.74) is 3.52. The van der Waals surface area contributed by atoms with Crippen LogP contribution >= 0.6 is 0 Å². The van der Waals surface area contributed by atoms with Crippen molar-refractivity contribution < 1.29 is 14.4 Å². The van der Waals surface area contributed by atoms with E-state index in [-0.39, 0.29) is 6.04 Å². The maximum absolute atomic E-state index is 11.0. The summed E-state index contributed by atoms with van der Waals surface area (Å²) >= 11 is 0. The number of oxazole rings is 1. The molecule has 0 spiro atoms. The number of hydrogen-bond donors (Lipinski definition) is 2. The van der Waals surface area contributed by atoms with Crippen LogP contribution in [-0.4, -0.2) is 31.1 Å². The highest BCUT2D eigenvalue weighted by Crippen LogP contribution is 2.24. The van der Waals surface area contributed by atoms with Gasteiger partial charge in [-0.05, 0) is 24.6 Å². The number of nitrogens with zero attached hydrogens (tertiary/aromatic N) is 4. The van der Waals surface area contributed by atoms with Gasteiger partial charge in [-0.2, -0.15) is 0 Å². The number of fused-ring (bicyclic) bond motifs is 1. The lowest BCUT2D eigenvalue weighted by molar-refractivity contribution is -0.124. The third kappa shape index (κ3) is 3.11. The molecule has 2 N–H and O–H groups in total. The van der Waals surface area contributed by atoms with Crippen LogP contribution in [0.15, 0.2) is 41.0 Å². The van der Waals surface area contributed by atoms with Gasteiger partial charge in [0.2, 0.25) is 5.89 Å². The number of carbonyl (C=O) groups is 1. The molecule has 23 heavy (non-hydrogen) atoms. The molecule has 1 aromatic carbocycles. The van der Waals surface area contributed by atoms with Gasteiger partial charge in [0.15, 0.2) is 5.58 Å². The van der Waals surface area contributed by atoms with E-state index in [4.69, 9.17) is 9.62 Å². The average molecular weight is 313 g/mol. The Morgan fingerprint density at radius 1 is 1.48 bits per heavy atom. The molecule has 1 atom stereocenters. The van der Waals surface area contributed by atoms with Crippen molar-refractivity contribution in [1.82, 2.24) is 25.5 Å². The molecule has 0 saturated heterocycles. The van der Waals surface area contributed by atoms with Crippen LogP contribution in [0.3, 0.4) is 0 Å². The minimum Gasteiger partial charge on any atom is -0.438 e. The third-order valence-electron chi connectivity index (χ3n) is 3.35. The summed E-state index contributed by atoms with van der Waals surface area (Å²) in [6.45, 7) is 2.00. The molecule has 0 aliphatic rings. The van der Waals surface area contributed by atoms with Gasteiger partial charge in [-0.15, -0.1) is 5.10 Å². The number of rotatable bonds is 5. The monoisotopic (exact) mass is 313 g/mol. The lowest BCUT2D eigenvalue weighted by atomic mass is 10.2. The molecule has 2 heterocycles. The maximum atomic E-state index is 11.0. The van der Waals surface area contributed by atoms with Crippen molar-refractivity contribution >= 4 is 23.1 Å². The Morgan fingerprint density at radius 3 is 3.04 bits per heavy atom. The van der Waals surface area contributed by atoms with Crippen LogP contribution < -0.4 is 5.48 Å². The Hall–Kier alpha value is -3.00. The summed E-state index contributed by atoms with van der Waals surface area (Å²) in [6, 6.07) is 7.35. The van der Waals surface area contributed by atoms with Gasteiger partial charge in [-0.25, -0.2) is 15.1 Å². The summed E-state index contributed by atoms with van der Waals surface area (Å²) in [5.74, 6) is -0.0761. The van der Waals surface area contributed by atoms with Gasteiger partial charge < -0.3 is 4.42 Å². The summed E-state index contributed by atoms with van der Waals surface area (Å²) < 4.78 is 7.43. The first-order valence-corrected chi connectivity index (χ1v) is 7.10. The quantitative estimate of drug-likeness (QED) is 0.423. The second kappa shape index (κ2) is 6.41. The Balaban J connectivity index is 1.87. The Kier molecular flexibility index (Phi) is 4.15. The minimum atomic E-state index is -0.634. The number of nitrogens with one attached hydrogen (secondary N) is 1. The van der Waals surface area contributed by atoms with Crippen molar-refractivity contribution in [2.24, 2.45) is 0 Å². The maximum Gasteiger partial charge on any atom is 0.267 e. The molecule has 3 rings (SSSR count). The molecule has 2 aromatic heterocycles. The summed E-state index contributed by atoms with van der Waals surface area (Å²) in [5, 5.41) is 16.5. The fourth-order valence-electron chi connectivity index (χ4n) is 2.22. The second-order valence-corrected chi connectivity index (χ2v) is 4.88. The van der Waals surface area contributed by atoms with Gasteiger partial charge in [-0.1, -0.05) is 24.3 Å². The molecule has 1 unspecified atom stereocenters. The van der Waals surface area contributed by atoms with E-state index in [2.05, 4.69) is 15.3 Å². The number of benzene rings is 1. The van der Waals surface area contributed by atoms with E-state index >= 15 is 0 Å². The fraction of sp³-hybridized carbons (Fsp3) is 0.200. The molecule has 0 radical (unpaired) electrons. The average Bonchev–Trinajstić information content (AvgIpc) is 3.20. The van der Waals surface area contributed by atoms with Crippen molar-refractivity contribution in [3.63, 3.8) is 0 Å². The van der Waals surface area contributed by atoms with Crippen LogP contribution in [0.4, 0.5) is 0 Å². The lowest BCUT2D eigenvalue weighted by Crippen LogP contribution is -2.14. The minimum absolute atomic E-state index is 0.191. The van der Waals surface area contributed by atoms with Crippen LogP contribution in [-0.2, 0) is 4.79 Å². The van der Waals surface area contributed by atoms with Crippen molar-refractivity contribution in [3.8, 4) is 0 Å². The van der Waals surface area contributed by atoms with Crippen LogP contribution in [0.5, 0.6) is 0 Å². The van der Waals surface area contributed by atoms with E-state index < -0.39 is 5.91 Å². The molecule has 1 amide bonds. The molecular weight excluding hydrogens is 298 g/mol. The Labute approximate surface area is 131 Å². The van der Waals surface area contributed by atoms with Crippen molar-refractivity contribution in [1.29, 1.82) is 0 Å². The second-order valence-electron chi connectivity index (χ2n) is 4.88. The van der Waals surface area contributed by atoms with Crippen LogP contribution in [0.1, 0.15) is 31.0 Å². The molecular formula is C15H15N5O3. The number of hydrogen-bond acceptors (Lipinski definition) is 6. The fourth-order valence-corrected chi connectivity index (χ4v) is 2.22. The highest BCUT2D eigenvalue weighted by atomic mass is 16.5. The van der Waals surface area contributed by atoms with Gasteiger partial charge >= 0.3 is 0 Å². The predicted molar refractivity (Wildman–Crippen MR) is 81.4 cm³/mol. The highest BCUT2D eigenvalue weighted by Gasteiger charge is 2.19. The summed E-state index contributed by atoms with van der Waals surface area (Å²) in [7, 11) is 0.